The quantitative estimate of drug-likeness (QED) is 0.452. The number of amides is 1. The zero-order valence-electron chi connectivity index (χ0n) is 16.9. The van der Waals surface area contributed by atoms with E-state index < -0.39 is 0 Å². The highest BCUT2D eigenvalue weighted by atomic mass is 16.5. The van der Waals surface area contributed by atoms with E-state index in [1.165, 1.54) is 0 Å². The molecule has 0 spiro atoms. The van der Waals surface area contributed by atoms with Crippen LogP contribution in [0.3, 0.4) is 0 Å². The van der Waals surface area contributed by atoms with Crippen molar-refractivity contribution in [3.8, 4) is 11.5 Å². The van der Waals surface area contributed by atoms with Gasteiger partial charge in [-0.25, -0.2) is 0 Å². The lowest BCUT2D eigenvalue weighted by Gasteiger charge is -2.17. The van der Waals surface area contributed by atoms with Crippen molar-refractivity contribution < 1.29 is 14.3 Å². The number of hydrogen-bond acceptors (Lipinski definition) is 3. The zero-order valence-corrected chi connectivity index (χ0v) is 16.9. The van der Waals surface area contributed by atoms with Crippen molar-refractivity contribution in [1.82, 2.24) is 5.32 Å². The molecule has 3 aromatic carbocycles. The normalized spacial score (nSPS) is 12.2. The largest absolute Gasteiger partial charge is 0.497 e. The smallest absolute Gasteiger partial charge is 0.252 e. The maximum Gasteiger partial charge on any atom is 0.252 e. The molecule has 1 amide bonds. The Bertz CT molecular complexity index is 961. The third-order valence-corrected chi connectivity index (χ3v) is 4.72. The average Bonchev–Trinajstić information content (AvgIpc) is 2.78. The second-order valence-corrected chi connectivity index (χ2v) is 6.67. The lowest BCUT2D eigenvalue weighted by Crippen LogP contribution is -2.27. The van der Waals surface area contributed by atoms with E-state index in [9.17, 15) is 4.79 Å². The van der Waals surface area contributed by atoms with Crippen LogP contribution in [-0.2, 0) is 4.79 Å². The lowest BCUT2D eigenvalue weighted by molar-refractivity contribution is -0.116. The Balaban J connectivity index is 1.86. The molecule has 0 saturated carbocycles. The first kappa shape index (κ1) is 20.2. The Hall–Kier alpha value is -3.53. The molecule has 29 heavy (non-hydrogen) atoms. The summed E-state index contributed by atoms with van der Waals surface area (Å²) in [6.45, 7) is 1.97. The Morgan fingerprint density at radius 2 is 1.38 bits per heavy atom. The van der Waals surface area contributed by atoms with Gasteiger partial charge < -0.3 is 14.8 Å². The molecule has 1 atom stereocenters. The fourth-order valence-electron chi connectivity index (χ4n) is 3.01. The molecule has 1 unspecified atom stereocenters. The third kappa shape index (κ3) is 5.26. The standard InChI is InChI=1S/C25H25NO3/c1-18(20-11-15-23(29-3)16-12-20)26-25(27)24(21-7-5-4-6-8-21)17-19-9-13-22(28-2)14-10-19/h4-18H,1-3H3,(H,26,27)/b24-17+. The van der Waals surface area contributed by atoms with Crippen LogP contribution in [0.5, 0.6) is 11.5 Å². The molecule has 148 valence electrons. The molecular weight excluding hydrogens is 362 g/mol. The van der Waals surface area contributed by atoms with Gasteiger partial charge in [-0.15, -0.1) is 0 Å². The predicted octanol–water partition coefficient (Wildman–Crippen LogP) is 5.12. The lowest BCUT2D eigenvalue weighted by atomic mass is 10.0. The van der Waals surface area contributed by atoms with Gasteiger partial charge >= 0.3 is 0 Å². The molecule has 0 heterocycles. The minimum Gasteiger partial charge on any atom is -0.497 e. The van der Waals surface area contributed by atoms with Gasteiger partial charge in [-0.1, -0.05) is 54.6 Å². The fraction of sp³-hybridized carbons (Fsp3) is 0.160. The van der Waals surface area contributed by atoms with Gasteiger partial charge in [0, 0.05) is 5.57 Å². The minimum atomic E-state index is -0.142. The first-order chi connectivity index (χ1) is 14.1. The van der Waals surface area contributed by atoms with Crippen LogP contribution in [-0.4, -0.2) is 20.1 Å². The van der Waals surface area contributed by atoms with E-state index in [2.05, 4.69) is 5.32 Å². The number of carbonyl (C=O) groups excluding carboxylic acids is 1. The number of benzene rings is 3. The van der Waals surface area contributed by atoms with Gasteiger partial charge in [0.05, 0.1) is 20.3 Å². The Morgan fingerprint density at radius 1 is 0.828 bits per heavy atom. The van der Waals surface area contributed by atoms with Gasteiger partial charge in [-0.05, 0) is 54.0 Å². The first-order valence-electron chi connectivity index (χ1n) is 9.46. The van der Waals surface area contributed by atoms with E-state index in [1.807, 2.05) is 91.9 Å². The molecule has 0 radical (unpaired) electrons. The number of hydrogen-bond donors (Lipinski definition) is 1. The van der Waals surface area contributed by atoms with Crippen LogP contribution in [0.4, 0.5) is 0 Å². The molecule has 0 fully saturated rings. The monoisotopic (exact) mass is 387 g/mol. The van der Waals surface area contributed by atoms with Crippen molar-refractivity contribution in [3.05, 3.63) is 95.6 Å². The number of rotatable bonds is 7. The second kappa shape index (κ2) is 9.60. The highest BCUT2D eigenvalue weighted by Crippen LogP contribution is 2.23. The highest BCUT2D eigenvalue weighted by molar-refractivity contribution is 6.24. The molecule has 3 aromatic rings. The van der Waals surface area contributed by atoms with Gasteiger partial charge in [0.25, 0.3) is 5.91 Å². The van der Waals surface area contributed by atoms with Crippen molar-refractivity contribution >= 4 is 17.6 Å². The average molecular weight is 387 g/mol. The third-order valence-electron chi connectivity index (χ3n) is 4.72. The van der Waals surface area contributed by atoms with Crippen LogP contribution < -0.4 is 14.8 Å². The van der Waals surface area contributed by atoms with Crippen molar-refractivity contribution in [3.63, 3.8) is 0 Å². The number of nitrogens with one attached hydrogen (secondary N) is 1. The van der Waals surface area contributed by atoms with Gasteiger partial charge in [0.15, 0.2) is 0 Å². The highest BCUT2D eigenvalue weighted by Gasteiger charge is 2.16. The summed E-state index contributed by atoms with van der Waals surface area (Å²) in [4.78, 5) is 13.1. The number of carbonyl (C=O) groups is 1. The summed E-state index contributed by atoms with van der Waals surface area (Å²) in [5, 5.41) is 3.10. The van der Waals surface area contributed by atoms with Crippen LogP contribution in [0.25, 0.3) is 11.6 Å². The predicted molar refractivity (Wildman–Crippen MR) is 117 cm³/mol. The summed E-state index contributed by atoms with van der Waals surface area (Å²) in [6, 6.07) is 24.9. The van der Waals surface area contributed by atoms with Crippen LogP contribution in [0, 0.1) is 0 Å². The summed E-state index contributed by atoms with van der Waals surface area (Å²) in [5.74, 6) is 1.44. The Morgan fingerprint density at radius 3 is 1.93 bits per heavy atom. The van der Waals surface area contributed by atoms with Crippen molar-refractivity contribution in [1.29, 1.82) is 0 Å². The topological polar surface area (TPSA) is 47.6 Å². The van der Waals surface area contributed by atoms with Crippen molar-refractivity contribution in [2.75, 3.05) is 14.2 Å². The first-order valence-corrected chi connectivity index (χ1v) is 9.46. The molecule has 4 nitrogen and oxygen atoms in total. The van der Waals surface area contributed by atoms with Crippen molar-refractivity contribution in [2.45, 2.75) is 13.0 Å². The number of methoxy groups -OCH3 is 2. The molecule has 3 rings (SSSR count). The molecule has 4 heteroatoms. The Kier molecular flexibility index (Phi) is 6.69. The summed E-state index contributed by atoms with van der Waals surface area (Å²) >= 11 is 0. The van der Waals surface area contributed by atoms with Crippen LogP contribution >= 0.6 is 0 Å². The zero-order chi connectivity index (χ0) is 20.6. The van der Waals surface area contributed by atoms with E-state index in [-0.39, 0.29) is 11.9 Å². The molecule has 0 aliphatic heterocycles. The van der Waals surface area contributed by atoms with E-state index in [0.717, 1.165) is 28.2 Å². The molecule has 0 saturated heterocycles. The Labute approximate surface area is 171 Å². The summed E-state index contributed by atoms with van der Waals surface area (Å²) in [6.07, 6.45) is 1.89. The fourth-order valence-corrected chi connectivity index (χ4v) is 3.01. The van der Waals surface area contributed by atoms with Gasteiger partial charge in [0.2, 0.25) is 0 Å². The van der Waals surface area contributed by atoms with Gasteiger partial charge in [0.1, 0.15) is 11.5 Å². The number of ether oxygens (including phenoxy) is 2. The van der Waals surface area contributed by atoms with Gasteiger partial charge in [-0.3, -0.25) is 4.79 Å². The van der Waals surface area contributed by atoms with Crippen molar-refractivity contribution in [2.24, 2.45) is 0 Å². The van der Waals surface area contributed by atoms with E-state index in [4.69, 9.17) is 9.47 Å². The molecule has 0 aliphatic carbocycles. The van der Waals surface area contributed by atoms with Crippen LogP contribution in [0.2, 0.25) is 0 Å². The minimum absolute atomic E-state index is 0.129. The molecular formula is C25H25NO3. The molecule has 0 bridgehead atoms. The van der Waals surface area contributed by atoms with Crippen LogP contribution in [0.1, 0.15) is 29.7 Å². The maximum absolute atomic E-state index is 13.1. The maximum atomic E-state index is 13.1. The van der Waals surface area contributed by atoms with E-state index in [0.29, 0.717) is 5.57 Å². The second-order valence-electron chi connectivity index (χ2n) is 6.67. The SMILES string of the molecule is COc1ccc(/C=C(/C(=O)NC(C)c2ccc(OC)cc2)c2ccccc2)cc1. The van der Waals surface area contributed by atoms with E-state index in [1.54, 1.807) is 14.2 Å². The molecule has 0 aromatic heterocycles. The summed E-state index contributed by atoms with van der Waals surface area (Å²) in [7, 11) is 3.27. The molecule has 1 N–H and O–H groups in total. The summed E-state index contributed by atoms with van der Waals surface area (Å²) in [5.41, 5.74) is 3.41. The molecule has 0 aliphatic rings. The van der Waals surface area contributed by atoms with E-state index >= 15 is 0 Å². The van der Waals surface area contributed by atoms with Crippen LogP contribution in [0.15, 0.2) is 78.9 Å². The summed E-state index contributed by atoms with van der Waals surface area (Å²) < 4.78 is 10.4. The van der Waals surface area contributed by atoms with Gasteiger partial charge in [-0.2, -0.15) is 0 Å².